The summed E-state index contributed by atoms with van der Waals surface area (Å²) in [5.41, 5.74) is 1.14. The number of nitriles is 1. The molecule has 0 amide bonds. The average Bonchev–Trinajstić information content (AvgIpc) is 3.15. The summed E-state index contributed by atoms with van der Waals surface area (Å²) in [6, 6.07) is 3.53. The van der Waals surface area contributed by atoms with Crippen LogP contribution in [0.2, 0.25) is 0 Å². The predicted molar refractivity (Wildman–Crippen MR) is 64.2 cm³/mol. The van der Waals surface area contributed by atoms with Crippen LogP contribution >= 0.6 is 0 Å². The summed E-state index contributed by atoms with van der Waals surface area (Å²) >= 11 is 0. The Bertz CT molecular complexity index is 786. The molecule has 9 nitrogen and oxygen atoms in total. The van der Waals surface area contributed by atoms with Crippen LogP contribution in [0.1, 0.15) is 5.69 Å². The quantitative estimate of drug-likeness (QED) is 0.739. The zero-order valence-corrected chi connectivity index (χ0v) is 10.2. The van der Waals surface area contributed by atoms with Gasteiger partial charge in [0.1, 0.15) is 23.8 Å². The molecule has 0 aromatic carbocycles. The van der Waals surface area contributed by atoms with Gasteiger partial charge >= 0.3 is 0 Å². The lowest BCUT2D eigenvalue weighted by Crippen LogP contribution is -1.91. The smallest absolute Gasteiger partial charge is 0.262 e. The molecule has 0 radical (unpaired) electrons. The van der Waals surface area contributed by atoms with Crippen molar-refractivity contribution < 1.29 is 9.26 Å². The van der Waals surface area contributed by atoms with Crippen LogP contribution in [0.25, 0.3) is 23.0 Å². The molecular formula is C11H7N7O2. The summed E-state index contributed by atoms with van der Waals surface area (Å²) in [5.74, 6) is 0.844. The highest BCUT2D eigenvalue weighted by atomic mass is 16.5. The predicted octanol–water partition coefficient (Wildman–Crippen LogP) is 0.797. The third kappa shape index (κ3) is 1.95. The molecular weight excluding hydrogens is 262 g/mol. The van der Waals surface area contributed by atoms with E-state index in [1.807, 2.05) is 6.07 Å². The first-order valence-electron chi connectivity index (χ1n) is 5.45. The highest BCUT2D eigenvalue weighted by molar-refractivity contribution is 5.61. The van der Waals surface area contributed by atoms with Gasteiger partial charge in [-0.1, -0.05) is 5.16 Å². The second kappa shape index (κ2) is 4.77. The molecule has 20 heavy (non-hydrogen) atoms. The van der Waals surface area contributed by atoms with Gasteiger partial charge in [0, 0.05) is 6.07 Å². The van der Waals surface area contributed by atoms with Crippen LogP contribution in [0.15, 0.2) is 23.1 Å². The van der Waals surface area contributed by atoms with E-state index in [1.165, 1.54) is 19.6 Å². The van der Waals surface area contributed by atoms with Gasteiger partial charge in [0.2, 0.25) is 11.7 Å². The Morgan fingerprint density at radius 3 is 3.10 bits per heavy atom. The molecule has 0 saturated heterocycles. The molecule has 3 heterocycles. The molecule has 98 valence electrons. The van der Waals surface area contributed by atoms with Gasteiger partial charge in [0.05, 0.1) is 18.9 Å². The van der Waals surface area contributed by atoms with Crippen molar-refractivity contribution in [3.8, 4) is 34.9 Å². The number of hydrogen-bond acceptors (Lipinski definition) is 8. The number of hydrogen-bond donors (Lipinski definition) is 1. The van der Waals surface area contributed by atoms with E-state index < -0.39 is 0 Å². The van der Waals surface area contributed by atoms with Crippen LogP contribution < -0.4 is 4.74 Å². The number of nitrogens with zero attached hydrogens (tertiary/aromatic N) is 6. The highest BCUT2D eigenvalue weighted by Crippen LogP contribution is 2.23. The largest absolute Gasteiger partial charge is 0.481 e. The van der Waals surface area contributed by atoms with E-state index in [9.17, 15) is 0 Å². The van der Waals surface area contributed by atoms with Crippen molar-refractivity contribution in [2.24, 2.45) is 0 Å². The van der Waals surface area contributed by atoms with Crippen molar-refractivity contribution in [2.45, 2.75) is 0 Å². The van der Waals surface area contributed by atoms with Gasteiger partial charge in [-0.3, -0.25) is 5.10 Å². The van der Waals surface area contributed by atoms with Gasteiger partial charge in [-0.15, -0.1) is 0 Å². The van der Waals surface area contributed by atoms with Gasteiger partial charge in [-0.05, 0) is 0 Å². The lowest BCUT2D eigenvalue weighted by molar-refractivity contribution is 0.397. The molecule has 9 heteroatoms. The van der Waals surface area contributed by atoms with Crippen LogP contribution in [0.4, 0.5) is 0 Å². The van der Waals surface area contributed by atoms with Gasteiger partial charge in [-0.2, -0.15) is 15.3 Å². The molecule has 0 bridgehead atoms. The van der Waals surface area contributed by atoms with E-state index in [0.29, 0.717) is 17.1 Å². The Morgan fingerprint density at radius 1 is 1.40 bits per heavy atom. The molecule has 0 aliphatic carbocycles. The normalized spacial score (nSPS) is 10.2. The van der Waals surface area contributed by atoms with Crippen LogP contribution in [-0.4, -0.2) is 37.4 Å². The summed E-state index contributed by atoms with van der Waals surface area (Å²) in [5, 5.41) is 19.0. The maximum Gasteiger partial charge on any atom is 0.262 e. The summed E-state index contributed by atoms with van der Waals surface area (Å²) in [4.78, 5) is 12.1. The van der Waals surface area contributed by atoms with E-state index >= 15 is 0 Å². The first kappa shape index (κ1) is 11.8. The van der Waals surface area contributed by atoms with Crippen LogP contribution in [0, 0.1) is 11.3 Å². The first-order chi connectivity index (χ1) is 9.81. The monoisotopic (exact) mass is 269 g/mol. The Balaban J connectivity index is 2.00. The van der Waals surface area contributed by atoms with Gasteiger partial charge in [-0.25, -0.2) is 9.97 Å². The number of aromatic nitrogens is 6. The molecule has 0 aliphatic heterocycles. The SMILES string of the molecule is COc1cc(-c2noc(-c3cn[nH]c3C#N)n2)ncn1. The Hall–Kier alpha value is -3.28. The van der Waals surface area contributed by atoms with Crippen molar-refractivity contribution in [3.05, 3.63) is 24.3 Å². The standard InChI is InChI=1S/C11H7N7O2/c1-19-9-2-7(13-5-14-9)10-16-11(20-18-10)6-4-15-17-8(6)3-12/h2,4-5H,1H3,(H,15,17). The molecule has 0 spiro atoms. The van der Waals surface area contributed by atoms with E-state index in [0.717, 1.165) is 0 Å². The number of aromatic amines is 1. The minimum absolute atomic E-state index is 0.183. The van der Waals surface area contributed by atoms with Gasteiger partial charge < -0.3 is 9.26 Å². The lowest BCUT2D eigenvalue weighted by Gasteiger charge is -1.97. The number of rotatable bonds is 3. The van der Waals surface area contributed by atoms with Crippen LogP contribution in [0.3, 0.4) is 0 Å². The zero-order chi connectivity index (χ0) is 13.9. The molecule has 3 aromatic rings. The summed E-state index contributed by atoms with van der Waals surface area (Å²) < 4.78 is 10.1. The number of ether oxygens (including phenoxy) is 1. The molecule has 0 fully saturated rings. The molecule has 3 aromatic heterocycles. The van der Waals surface area contributed by atoms with Gasteiger partial charge in [0.25, 0.3) is 5.89 Å². The number of H-pyrrole nitrogens is 1. The molecule has 0 saturated carbocycles. The highest BCUT2D eigenvalue weighted by Gasteiger charge is 2.16. The maximum absolute atomic E-state index is 8.91. The molecule has 0 aliphatic rings. The molecule has 1 N–H and O–H groups in total. The fourth-order valence-corrected chi connectivity index (χ4v) is 1.54. The fourth-order valence-electron chi connectivity index (χ4n) is 1.54. The molecule has 0 atom stereocenters. The lowest BCUT2D eigenvalue weighted by atomic mass is 10.2. The van der Waals surface area contributed by atoms with E-state index in [2.05, 4.69) is 30.3 Å². The Labute approximate surface area is 112 Å². The fraction of sp³-hybridized carbons (Fsp3) is 0.0909. The molecule has 0 unspecified atom stereocenters. The minimum Gasteiger partial charge on any atom is -0.481 e. The van der Waals surface area contributed by atoms with E-state index in [4.69, 9.17) is 14.5 Å². The third-order valence-electron chi connectivity index (χ3n) is 2.49. The van der Waals surface area contributed by atoms with Crippen molar-refractivity contribution in [3.63, 3.8) is 0 Å². The van der Waals surface area contributed by atoms with E-state index in [-0.39, 0.29) is 17.4 Å². The summed E-state index contributed by atoms with van der Waals surface area (Å²) in [6.45, 7) is 0. The van der Waals surface area contributed by atoms with Crippen molar-refractivity contribution in [2.75, 3.05) is 7.11 Å². The topological polar surface area (TPSA) is 126 Å². The summed E-state index contributed by atoms with van der Waals surface area (Å²) in [7, 11) is 1.50. The Kier molecular flexibility index (Phi) is 2.81. The number of nitrogens with one attached hydrogen (secondary N) is 1. The maximum atomic E-state index is 8.91. The summed E-state index contributed by atoms with van der Waals surface area (Å²) in [6.07, 6.45) is 2.78. The van der Waals surface area contributed by atoms with Crippen LogP contribution in [-0.2, 0) is 0 Å². The van der Waals surface area contributed by atoms with Gasteiger partial charge in [0.15, 0.2) is 0 Å². The first-order valence-corrected chi connectivity index (χ1v) is 5.45. The van der Waals surface area contributed by atoms with Crippen LogP contribution in [0.5, 0.6) is 5.88 Å². The van der Waals surface area contributed by atoms with Crippen molar-refractivity contribution in [1.29, 1.82) is 5.26 Å². The van der Waals surface area contributed by atoms with Crippen molar-refractivity contribution >= 4 is 0 Å². The second-order valence-electron chi connectivity index (χ2n) is 3.64. The number of methoxy groups -OCH3 is 1. The Morgan fingerprint density at radius 2 is 2.30 bits per heavy atom. The minimum atomic E-state index is 0.183. The second-order valence-corrected chi connectivity index (χ2v) is 3.64. The van der Waals surface area contributed by atoms with E-state index in [1.54, 1.807) is 6.07 Å². The average molecular weight is 269 g/mol. The van der Waals surface area contributed by atoms with Crippen molar-refractivity contribution in [1.82, 2.24) is 30.3 Å². The third-order valence-corrected chi connectivity index (χ3v) is 2.49. The molecule has 3 rings (SSSR count). The zero-order valence-electron chi connectivity index (χ0n) is 10.2.